The van der Waals surface area contributed by atoms with Gasteiger partial charge in [0.05, 0.1) is 5.69 Å². The molecule has 16 heavy (non-hydrogen) atoms. The summed E-state index contributed by atoms with van der Waals surface area (Å²) in [5.74, 6) is 0.126. The molecule has 0 aliphatic carbocycles. The molecule has 0 amide bonds. The van der Waals surface area contributed by atoms with Crippen LogP contribution in [-0.2, 0) is 6.42 Å². The van der Waals surface area contributed by atoms with Gasteiger partial charge in [0.25, 0.3) is 0 Å². The largest absolute Gasteiger partial charge is 0.475 e. The van der Waals surface area contributed by atoms with Gasteiger partial charge in [-0.1, -0.05) is 27.7 Å². The minimum atomic E-state index is -1.04. The van der Waals surface area contributed by atoms with Crippen LogP contribution < -0.4 is 0 Å². The summed E-state index contributed by atoms with van der Waals surface area (Å²) in [6, 6.07) is 0. The van der Waals surface area contributed by atoms with Crippen molar-refractivity contribution in [1.82, 2.24) is 4.98 Å². The fourth-order valence-electron chi connectivity index (χ4n) is 1.44. The molecule has 1 aromatic rings. The van der Waals surface area contributed by atoms with Gasteiger partial charge in [-0.05, 0) is 18.3 Å². The maximum atomic E-state index is 10.9. The first-order chi connectivity index (χ1) is 7.41. The second-order valence-corrected chi connectivity index (χ2v) is 4.71. The Morgan fingerprint density at radius 1 is 1.38 bits per heavy atom. The fourth-order valence-corrected chi connectivity index (χ4v) is 1.44. The van der Waals surface area contributed by atoms with Gasteiger partial charge < -0.3 is 9.52 Å². The van der Waals surface area contributed by atoms with E-state index in [4.69, 9.17) is 9.52 Å². The number of carboxylic acids is 1. The van der Waals surface area contributed by atoms with E-state index in [1.54, 1.807) is 0 Å². The third-order valence-corrected chi connectivity index (χ3v) is 2.37. The molecule has 0 saturated carbocycles. The Hall–Kier alpha value is -1.32. The molecule has 0 saturated heterocycles. The molecule has 90 valence electrons. The van der Waals surface area contributed by atoms with Crippen LogP contribution in [0, 0.1) is 5.92 Å². The highest BCUT2D eigenvalue weighted by molar-refractivity contribution is 5.85. The van der Waals surface area contributed by atoms with Crippen molar-refractivity contribution in [2.75, 3.05) is 0 Å². The van der Waals surface area contributed by atoms with Crippen LogP contribution >= 0.6 is 0 Å². The lowest BCUT2D eigenvalue weighted by Crippen LogP contribution is -2.01. The van der Waals surface area contributed by atoms with Gasteiger partial charge in [0, 0.05) is 6.42 Å². The maximum absolute atomic E-state index is 10.9. The average Bonchev–Trinajstić information content (AvgIpc) is 2.58. The first-order valence-corrected chi connectivity index (χ1v) is 5.64. The van der Waals surface area contributed by atoms with Gasteiger partial charge in [-0.25, -0.2) is 9.78 Å². The minimum absolute atomic E-state index is 0.00578. The molecule has 4 heteroatoms. The van der Waals surface area contributed by atoms with E-state index < -0.39 is 5.97 Å². The van der Waals surface area contributed by atoms with E-state index in [0.717, 1.165) is 6.42 Å². The van der Waals surface area contributed by atoms with Crippen molar-refractivity contribution < 1.29 is 14.3 Å². The molecule has 0 radical (unpaired) electrons. The summed E-state index contributed by atoms with van der Waals surface area (Å²) in [5.41, 5.74) is 0.547. The highest BCUT2D eigenvalue weighted by Crippen LogP contribution is 2.21. The zero-order valence-corrected chi connectivity index (χ0v) is 10.3. The summed E-state index contributed by atoms with van der Waals surface area (Å²) < 4.78 is 5.28. The molecule has 0 unspecified atom stereocenters. The number of hydrogen-bond donors (Lipinski definition) is 1. The van der Waals surface area contributed by atoms with Crippen molar-refractivity contribution in [2.24, 2.45) is 5.92 Å². The van der Waals surface area contributed by atoms with Gasteiger partial charge in [-0.2, -0.15) is 0 Å². The van der Waals surface area contributed by atoms with Gasteiger partial charge in [0.2, 0.25) is 5.76 Å². The number of carbonyl (C=O) groups is 1. The lowest BCUT2D eigenvalue weighted by atomic mass is 10.1. The van der Waals surface area contributed by atoms with Crippen LogP contribution in [0.5, 0.6) is 0 Å². The fraction of sp³-hybridized carbons (Fsp3) is 0.667. The number of oxazole rings is 1. The van der Waals surface area contributed by atoms with Gasteiger partial charge in [-0.3, -0.25) is 0 Å². The minimum Gasteiger partial charge on any atom is -0.475 e. The van der Waals surface area contributed by atoms with Crippen molar-refractivity contribution in [3.05, 3.63) is 17.3 Å². The molecule has 0 aliphatic heterocycles. The molecule has 0 bridgehead atoms. The number of aryl methyl sites for hydroxylation is 1. The molecule has 0 aliphatic rings. The summed E-state index contributed by atoms with van der Waals surface area (Å²) >= 11 is 0. The Labute approximate surface area is 95.7 Å². The van der Waals surface area contributed by atoms with E-state index in [1.807, 2.05) is 13.8 Å². The van der Waals surface area contributed by atoms with E-state index in [-0.39, 0.29) is 11.7 Å². The first kappa shape index (κ1) is 12.7. The number of aromatic nitrogens is 1. The zero-order chi connectivity index (χ0) is 12.3. The zero-order valence-electron chi connectivity index (χ0n) is 10.3. The second kappa shape index (κ2) is 5.14. The van der Waals surface area contributed by atoms with E-state index in [1.165, 1.54) is 0 Å². The molecule has 1 heterocycles. The number of aromatic carboxylic acids is 1. The highest BCUT2D eigenvalue weighted by Gasteiger charge is 2.21. The smallest absolute Gasteiger partial charge is 0.373 e. The van der Waals surface area contributed by atoms with E-state index in [9.17, 15) is 4.79 Å². The highest BCUT2D eigenvalue weighted by atomic mass is 16.4. The van der Waals surface area contributed by atoms with Crippen LogP contribution in [0.3, 0.4) is 0 Å². The quantitative estimate of drug-likeness (QED) is 0.836. The van der Waals surface area contributed by atoms with E-state index in [0.29, 0.717) is 23.9 Å². The number of hydrogen-bond acceptors (Lipinski definition) is 3. The van der Waals surface area contributed by atoms with Crippen LogP contribution in [0.4, 0.5) is 0 Å². The predicted octanol–water partition coefficient (Wildman–Crippen LogP) is 3.08. The Morgan fingerprint density at radius 2 is 2.00 bits per heavy atom. The second-order valence-electron chi connectivity index (χ2n) is 4.71. The summed E-state index contributed by atoms with van der Waals surface area (Å²) in [6.45, 7) is 8.06. The van der Waals surface area contributed by atoms with Crippen molar-refractivity contribution in [3.63, 3.8) is 0 Å². The third-order valence-electron chi connectivity index (χ3n) is 2.37. The van der Waals surface area contributed by atoms with E-state index >= 15 is 0 Å². The molecule has 1 rings (SSSR count). The first-order valence-electron chi connectivity index (χ1n) is 5.64. The monoisotopic (exact) mass is 225 g/mol. The Bertz CT molecular complexity index is 366. The SMILES string of the molecule is CC(C)CCc1nc(C(C)C)c(C(=O)O)o1. The third kappa shape index (κ3) is 3.08. The Kier molecular flexibility index (Phi) is 4.10. The Morgan fingerprint density at radius 3 is 2.38 bits per heavy atom. The molecule has 0 atom stereocenters. The number of nitrogens with zero attached hydrogens (tertiary/aromatic N) is 1. The number of carboxylic acid groups (broad SMARTS) is 1. The normalized spacial score (nSPS) is 11.4. The van der Waals surface area contributed by atoms with Gasteiger partial charge >= 0.3 is 5.97 Å². The lowest BCUT2D eigenvalue weighted by Gasteiger charge is -1.99. The van der Waals surface area contributed by atoms with Crippen molar-refractivity contribution >= 4 is 5.97 Å². The molecule has 0 aromatic carbocycles. The van der Waals surface area contributed by atoms with Gasteiger partial charge in [-0.15, -0.1) is 0 Å². The topological polar surface area (TPSA) is 63.3 Å². The maximum Gasteiger partial charge on any atom is 0.373 e. The van der Waals surface area contributed by atoms with E-state index in [2.05, 4.69) is 18.8 Å². The standard InChI is InChI=1S/C12H19NO3/c1-7(2)5-6-9-13-10(8(3)4)11(16-9)12(14)15/h7-8H,5-6H2,1-4H3,(H,14,15). The summed E-state index contributed by atoms with van der Waals surface area (Å²) in [7, 11) is 0. The average molecular weight is 225 g/mol. The van der Waals surface area contributed by atoms with Gasteiger partial charge in [0.15, 0.2) is 5.89 Å². The molecule has 4 nitrogen and oxygen atoms in total. The Balaban J connectivity index is 2.88. The molecule has 1 N–H and O–H groups in total. The van der Waals surface area contributed by atoms with Crippen molar-refractivity contribution in [1.29, 1.82) is 0 Å². The van der Waals surface area contributed by atoms with Gasteiger partial charge in [0.1, 0.15) is 0 Å². The lowest BCUT2D eigenvalue weighted by molar-refractivity contribution is 0.0658. The van der Waals surface area contributed by atoms with Crippen LogP contribution in [0.25, 0.3) is 0 Å². The van der Waals surface area contributed by atoms with Crippen LogP contribution in [0.1, 0.15) is 62.2 Å². The number of rotatable bonds is 5. The summed E-state index contributed by atoms with van der Waals surface area (Å²) in [5, 5.41) is 8.97. The van der Waals surface area contributed by atoms with Crippen molar-refractivity contribution in [3.8, 4) is 0 Å². The molecule has 1 aromatic heterocycles. The molecule has 0 spiro atoms. The van der Waals surface area contributed by atoms with Crippen LogP contribution in [0.2, 0.25) is 0 Å². The summed E-state index contributed by atoms with van der Waals surface area (Å²) in [6.07, 6.45) is 1.65. The van der Waals surface area contributed by atoms with Crippen LogP contribution in [-0.4, -0.2) is 16.1 Å². The van der Waals surface area contributed by atoms with Crippen LogP contribution in [0.15, 0.2) is 4.42 Å². The molecular weight excluding hydrogens is 206 g/mol. The molecule has 0 fully saturated rings. The van der Waals surface area contributed by atoms with Crippen molar-refractivity contribution in [2.45, 2.75) is 46.5 Å². The molecular formula is C12H19NO3. The predicted molar refractivity (Wildman–Crippen MR) is 60.7 cm³/mol. The summed E-state index contributed by atoms with van der Waals surface area (Å²) in [4.78, 5) is 15.2.